The van der Waals surface area contributed by atoms with Crippen molar-refractivity contribution in [3.05, 3.63) is 87.8 Å². The van der Waals surface area contributed by atoms with Gasteiger partial charge in [-0.1, -0.05) is 35.4 Å². The first-order chi connectivity index (χ1) is 16.7. The topological polar surface area (TPSA) is 75.0 Å². The van der Waals surface area contributed by atoms with Gasteiger partial charge in [0.15, 0.2) is 5.75 Å². The zero-order valence-electron chi connectivity index (χ0n) is 20.9. The molecule has 3 rings (SSSR count). The molecule has 0 saturated carbocycles. The predicted octanol–water partition coefficient (Wildman–Crippen LogP) is 6.87. The second kappa shape index (κ2) is 12.1. The van der Waals surface area contributed by atoms with Crippen LogP contribution >= 0.6 is 0 Å². The van der Waals surface area contributed by atoms with E-state index in [1.165, 1.54) is 11.1 Å². The highest BCUT2D eigenvalue weighted by atomic mass is 16.6. The minimum atomic E-state index is -0.801. The SMILES string of the molecule is CC(C)=CCCC(C)=CCOc1ccc2c(OC(C)C)c(OC(=O)c3ccccc3)c(=O)oc2c1. The summed E-state index contributed by atoms with van der Waals surface area (Å²) in [4.78, 5) is 25.4. The lowest BCUT2D eigenvalue weighted by Gasteiger charge is -2.15. The third-order valence-electron chi connectivity index (χ3n) is 5.12. The van der Waals surface area contributed by atoms with E-state index in [1.807, 2.05) is 19.9 Å². The molecule has 3 aromatic rings. The van der Waals surface area contributed by atoms with Crippen LogP contribution in [0.25, 0.3) is 11.0 Å². The average Bonchev–Trinajstić information content (AvgIpc) is 2.81. The van der Waals surface area contributed by atoms with Crippen molar-refractivity contribution in [2.75, 3.05) is 6.61 Å². The predicted molar refractivity (Wildman–Crippen MR) is 138 cm³/mol. The highest BCUT2D eigenvalue weighted by Crippen LogP contribution is 2.35. The summed E-state index contributed by atoms with van der Waals surface area (Å²) < 4.78 is 22.6. The van der Waals surface area contributed by atoms with Crippen LogP contribution < -0.4 is 19.8 Å². The van der Waals surface area contributed by atoms with Gasteiger partial charge in [-0.05, 0) is 77.8 Å². The molecule has 0 amide bonds. The Hall–Kier alpha value is -3.80. The van der Waals surface area contributed by atoms with Gasteiger partial charge in [0, 0.05) is 6.07 Å². The summed E-state index contributed by atoms with van der Waals surface area (Å²) in [6.45, 7) is 10.3. The molecule has 0 aliphatic rings. The monoisotopic (exact) mass is 476 g/mol. The van der Waals surface area contributed by atoms with Crippen molar-refractivity contribution in [3.63, 3.8) is 0 Å². The Bertz CT molecular complexity index is 1280. The molecule has 0 bridgehead atoms. The quantitative estimate of drug-likeness (QED) is 0.181. The van der Waals surface area contributed by atoms with Gasteiger partial charge >= 0.3 is 11.6 Å². The van der Waals surface area contributed by atoms with E-state index >= 15 is 0 Å². The molecule has 0 spiro atoms. The summed E-state index contributed by atoms with van der Waals surface area (Å²) in [5.74, 6) is -0.225. The number of ether oxygens (including phenoxy) is 3. The molecule has 0 unspecified atom stereocenters. The van der Waals surface area contributed by atoms with E-state index in [-0.39, 0.29) is 23.2 Å². The number of carbonyl (C=O) groups is 1. The zero-order chi connectivity index (χ0) is 25.4. The lowest BCUT2D eigenvalue weighted by Crippen LogP contribution is -2.17. The lowest BCUT2D eigenvalue weighted by atomic mass is 10.1. The fourth-order valence-electron chi connectivity index (χ4n) is 3.36. The Morgan fingerprint density at radius 2 is 1.74 bits per heavy atom. The molecule has 35 heavy (non-hydrogen) atoms. The summed E-state index contributed by atoms with van der Waals surface area (Å²) in [6.07, 6.45) is 5.97. The van der Waals surface area contributed by atoms with E-state index in [1.54, 1.807) is 48.5 Å². The first kappa shape index (κ1) is 25.8. The second-order valence-corrected chi connectivity index (χ2v) is 8.81. The minimum Gasteiger partial charge on any atom is -0.489 e. The maximum absolute atomic E-state index is 12.8. The van der Waals surface area contributed by atoms with Gasteiger partial charge in [0.05, 0.1) is 17.1 Å². The molecular weight excluding hydrogens is 444 g/mol. The van der Waals surface area contributed by atoms with Gasteiger partial charge in [-0.3, -0.25) is 0 Å². The average molecular weight is 477 g/mol. The van der Waals surface area contributed by atoms with Crippen LogP contribution in [-0.4, -0.2) is 18.7 Å². The Labute approximate surface area is 205 Å². The maximum Gasteiger partial charge on any atom is 0.383 e. The summed E-state index contributed by atoms with van der Waals surface area (Å²) in [5.41, 5.74) is 2.35. The normalized spacial score (nSPS) is 11.4. The molecule has 0 saturated heterocycles. The molecule has 2 aromatic carbocycles. The van der Waals surface area contributed by atoms with Gasteiger partial charge in [-0.25, -0.2) is 9.59 Å². The number of fused-ring (bicyclic) bond motifs is 1. The molecule has 0 N–H and O–H groups in total. The highest BCUT2D eigenvalue weighted by Gasteiger charge is 2.22. The van der Waals surface area contributed by atoms with Gasteiger partial charge in [0.25, 0.3) is 5.75 Å². The van der Waals surface area contributed by atoms with Crippen LogP contribution in [0.5, 0.6) is 17.2 Å². The minimum absolute atomic E-state index is 0.164. The molecular formula is C29H32O6. The van der Waals surface area contributed by atoms with Crippen LogP contribution in [0.15, 0.2) is 81.0 Å². The standard InChI is InChI=1S/C29H32O6/c1-19(2)10-9-11-21(5)16-17-32-23-14-15-24-25(18-23)34-29(31)27(26(24)33-20(3)4)35-28(30)22-12-7-6-8-13-22/h6-8,10,12-16,18,20H,9,11,17H2,1-5H3. The third-order valence-corrected chi connectivity index (χ3v) is 5.12. The van der Waals surface area contributed by atoms with Crippen LogP contribution in [0, 0.1) is 0 Å². The third kappa shape index (κ3) is 7.34. The van der Waals surface area contributed by atoms with Gasteiger partial charge in [-0.2, -0.15) is 0 Å². The molecule has 0 radical (unpaired) electrons. The smallest absolute Gasteiger partial charge is 0.383 e. The molecule has 1 aromatic heterocycles. The molecule has 6 heteroatoms. The molecule has 1 heterocycles. The van der Waals surface area contributed by atoms with Crippen molar-refractivity contribution < 1.29 is 23.4 Å². The summed E-state index contributed by atoms with van der Waals surface area (Å²) in [6, 6.07) is 13.6. The van der Waals surface area contributed by atoms with Crippen LogP contribution in [0.3, 0.4) is 0 Å². The molecule has 0 atom stereocenters. The van der Waals surface area contributed by atoms with Gasteiger partial charge in [-0.15, -0.1) is 0 Å². The maximum atomic E-state index is 12.8. The zero-order valence-corrected chi connectivity index (χ0v) is 20.9. The van der Waals surface area contributed by atoms with E-state index < -0.39 is 11.6 Å². The van der Waals surface area contributed by atoms with Crippen molar-refractivity contribution in [1.82, 2.24) is 0 Å². The molecule has 6 nitrogen and oxygen atoms in total. The molecule has 0 aliphatic carbocycles. The van der Waals surface area contributed by atoms with Crippen molar-refractivity contribution in [1.29, 1.82) is 0 Å². The number of hydrogen-bond acceptors (Lipinski definition) is 6. The lowest BCUT2D eigenvalue weighted by molar-refractivity contribution is 0.0718. The molecule has 184 valence electrons. The molecule has 0 aliphatic heterocycles. The first-order valence-corrected chi connectivity index (χ1v) is 11.7. The summed E-state index contributed by atoms with van der Waals surface area (Å²) in [7, 11) is 0. The highest BCUT2D eigenvalue weighted by molar-refractivity contribution is 5.93. The summed E-state index contributed by atoms with van der Waals surface area (Å²) >= 11 is 0. The molecule has 0 fully saturated rings. The Morgan fingerprint density at radius 1 is 1.00 bits per heavy atom. The van der Waals surface area contributed by atoms with Gasteiger partial charge in [0.2, 0.25) is 0 Å². The van der Waals surface area contributed by atoms with Crippen molar-refractivity contribution in [2.24, 2.45) is 0 Å². The number of rotatable bonds is 10. The van der Waals surface area contributed by atoms with Crippen molar-refractivity contribution >= 4 is 16.9 Å². The van der Waals surface area contributed by atoms with Crippen LogP contribution in [-0.2, 0) is 0 Å². The van der Waals surface area contributed by atoms with E-state index in [9.17, 15) is 9.59 Å². The Morgan fingerprint density at radius 3 is 2.43 bits per heavy atom. The number of benzene rings is 2. The number of hydrogen-bond donors (Lipinski definition) is 0. The number of allylic oxidation sites excluding steroid dienone is 3. The van der Waals surface area contributed by atoms with Crippen LogP contribution in [0.2, 0.25) is 0 Å². The Balaban J connectivity index is 1.84. The summed E-state index contributed by atoms with van der Waals surface area (Å²) in [5, 5.41) is 0.509. The van der Waals surface area contributed by atoms with E-state index in [0.29, 0.717) is 23.3 Å². The van der Waals surface area contributed by atoms with E-state index in [4.69, 9.17) is 18.6 Å². The number of carbonyl (C=O) groups excluding carboxylic acids is 1. The van der Waals surface area contributed by atoms with E-state index in [0.717, 1.165) is 12.8 Å². The van der Waals surface area contributed by atoms with Crippen molar-refractivity contribution in [3.8, 4) is 17.2 Å². The fraction of sp³-hybridized carbons (Fsp3) is 0.310. The van der Waals surface area contributed by atoms with Crippen LogP contribution in [0.4, 0.5) is 0 Å². The number of esters is 1. The largest absolute Gasteiger partial charge is 0.489 e. The van der Waals surface area contributed by atoms with Gasteiger partial charge < -0.3 is 18.6 Å². The van der Waals surface area contributed by atoms with Crippen LogP contribution in [0.1, 0.15) is 57.8 Å². The van der Waals surface area contributed by atoms with Crippen molar-refractivity contribution in [2.45, 2.75) is 53.6 Å². The Kier molecular flexibility index (Phi) is 8.90. The second-order valence-electron chi connectivity index (χ2n) is 8.81. The van der Waals surface area contributed by atoms with Gasteiger partial charge in [0.1, 0.15) is 17.9 Å². The van der Waals surface area contributed by atoms with E-state index in [2.05, 4.69) is 26.8 Å². The first-order valence-electron chi connectivity index (χ1n) is 11.7. The fourth-order valence-corrected chi connectivity index (χ4v) is 3.36.